The first kappa shape index (κ1) is 19.3. The van der Waals surface area contributed by atoms with Crippen LogP contribution >= 0.6 is 0 Å². The summed E-state index contributed by atoms with van der Waals surface area (Å²) in [5, 5.41) is 9.50. The highest BCUT2D eigenvalue weighted by atomic mass is 16.3. The molecule has 2 aliphatic carbocycles. The van der Waals surface area contributed by atoms with E-state index in [0.717, 1.165) is 24.2 Å². The summed E-state index contributed by atoms with van der Waals surface area (Å²) in [5.41, 5.74) is 1.16. The van der Waals surface area contributed by atoms with Gasteiger partial charge in [-0.2, -0.15) is 0 Å². The van der Waals surface area contributed by atoms with E-state index in [0.29, 0.717) is 10.8 Å². The molecule has 0 radical (unpaired) electrons. The zero-order valence-electron chi connectivity index (χ0n) is 16.5. The van der Waals surface area contributed by atoms with Crippen molar-refractivity contribution in [3.8, 4) is 0 Å². The van der Waals surface area contributed by atoms with Gasteiger partial charge in [-0.3, -0.25) is 0 Å². The lowest BCUT2D eigenvalue weighted by Crippen LogP contribution is -2.38. The molecule has 0 bridgehead atoms. The molecule has 136 valence electrons. The molecule has 1 unspecified atom stereocenters. The highest BCUT2D eigenvalue weighted by Gasteiger charge is 2.42. The Hall–Kier alpha value is -0.0400. The minimum atomic E-state index is -0.112. The van der Waals surface area contributed by atoms with E-state index in [2.05, 4.69) is 27.7 Å². The van der Waals surface area contributed by atoms with E-state index < -0.39 is 0 Å². The van der Waals surface area contributed by atoms with Crippen molar-refractivity contribution in [3.63, 3.8) is 0 Å². The zero-order valence-corrected chi connectivity index (χ0v) is 16.5. The molecule has 1 atom stereocenters. The molecule has 0 saturated heterocycles. The van der Waals surface area contributed by atoms with Crippen molar-refractivity contribution in [2.75, 3.05) is 0 Å². The normalized spacial score (nSPS) is 37.6. The van der Waals surface area contributed by atoms with Crippen LogP contribution in [-0.2, 0) is 0 Å². The Balaban J connectivity index is 1.82. The fourth-order valence-corrected chi connectivity index (χ4v) is 5.42. The molecule has 0 heterocycles. The lowest BCUT2D eigenvalue weighted by molar-refractivity contribution is 0.0190. The zero-order chi connectivity index (χ0) is 17.1. The molecule has 2 aliphatic rings. The molecule has 0 aromatic rings. The molecule has 1 nitrogen and oxygen atoms in total. The molecule has 0 aromatic heterocycles. The van der Waals surface area contributed by atoms with Crippen LogP contribution in [0.15, 0.2) is 0 Å². The van der Waals surface area contributed by atoms with Gasteiger partial charge in [0.25, 0.3) is 0 Å². The van der Waals surface area contributed by atoms with Crippen LogP contribution in [-0.4, -0.2) is 11.2 Å². The monoisotopic (exact) mass is 322 g/mol. The van der Waals surface area contributed by atoms with Gasteiger partial charge in [-0.1, -0.05) is 47.0 Å². The number of aliphatic hydroxyl groups excluding tert-OH is 1. The predicted octanol–water partition coefficient (Wildman–Crippen LogP) is 6.59. The quantitative estimate of drug-likeness (QED) is 0.585. The highest BCUT2D eigenvalue weighted by molar-refractivity contribution is 4.92. The molecule has 23 heavy (non-hydrogen) atoms. The summed E-state index contributed by atoms with van der Waals surface area (Å²) in [4.78, 5) is 0. The summed E-state index contributed by atoms with van der Waals surface area (Å²) in [6.45, 7) is 12.0. The van der Waals surface area contributed by atoms with Gasteiger partial charge >= 0.3 is 0 Å². The molecule has 2 saturated carbocycles. The fraction of sp³-hybridized carbons (Fsp3) is 1.00. The summed E-state index contributed by atoms with van der Waals surface area (Å²) in [7, 11) is 0. The van der Waals surface area contributed by atoms with E-state index in [9.17, 15) is 5.11 Å². The Kier molecular flexibility index (Phi) is 6.62. The number of hydrogen-bond donors (Lipinski definition) is 1. The Morgan fingerprint density at radius 1 is 1.00 bits per heavy atom. The van der Waals surface area contributed by atoms with E-state index in [4.69, 9.17) is 0 Å². The molecule has 0 spiro atoms. The van der Waals surface area contributed by atoms with Gasteiger partial charge in [0.1, 0.15) is 0 Å². The minimum absolute atomic E-state index is 0.112. The van der Waals surface area contributed by atoms with Crippen LogP contribution in [0.25, 0.3) is 0 Å². The molecule has 0 amide bonds. The summed E-state index contributed by atoms with van der Waals surface area (Å²) in [6.07, 6.45) is 15.0. The van der Waals surface area contributed by atoms with Crippen molar-refractivity contribution < 1.29 is 5.11 Å². The summed E-state index contributed by atoms with van der Waals surface area (Å²) >= 11 is 0. The molecule has 0 aliphatic heterocycles. The van der Waals surface area contributed by atoms with Gasteiger partial charge in [0.15, 0.2) is 0 Å². The van der Waals surface area contributed by atoms with Gasteiger partial charge in [-0.05, 0) is 86.9 Å². The van der Waals surface area contributed by atoms with E-state index in [1.165, 1.54) is 64.2 Å². The maximum atomic E-state index is 9.50. The van der Waals surface area contributed by atoms with Gasteiger partial charge in [0.2, 0.25) is 0 Å². The molecule has 2 fully saturated rings. The summed E-state index contributed by atoms with van der Waals surface area (Å²) < 4.78 is 0. The van der Waals surface area contributed by atoms with Crippen LogP contribution in [0, 0.1) is 28.6 Å². The Bertz CT molecular complexity index is 341. The van der Waals surface area contributed by atoms with Crippen molar-refractivity contribution in [3.05, 3.63) is 0 Å². The van der Waals surface area contributed by atoms with Gasteiger partial charge in [-0.25, -0.2) is 0 Å². The second-order valence-electron chi connectivity index (χ2n) is 9.90. The lowest BCUT2D eigenvalue weighted by atomic mass is 9.57. The maximum Gasteiger partial charge on any atom is 0.0512 e. The van der Waals surface area contributed by atoms with Gasteiger partial charge in [0.05, 0.1) is 6.10 Å². The molecule has 0 aromatic carbocycles. The van der Waals surface area contributed by atoms with Crippen molar-refractivity contribution in [2.24, 2.45) is 28.6 Å². The Morgan fingerprint density at radius 2 is 1.52 bits per heavy atom. The van der Waals surface area contributed by atoms with E-state index in [1.807, 2.05) is 6.92 Å². The van der Waals surface area contributed by atoms with Crippen LogP contribution in [0.1, 0.15) is 105 Å². The van der Waals surface area contributed by atoms with Crippen LogP contribution < -0.4 is 0 Å². The van der Waals surface area contributed by atoms with Gasteiger partial charge in [0, 0.05) is 0 Å². The van der Waals surface area contributed by atoms with Crippen LogP contribution in [0.5, 0.6) is 0 Å². The third-order valence-corrected chi connectivity index (χ3v) is 7.99. The van der Waals surface area contributed by atoms with E-state index in [1.54, 1.807) is 0 Å². The van der Waals surface area contributed by atoms with Gasteiger partial charge < -0.3 is 5.11 Å². The Labute approximate surface area is 145 Å². The standard InChI is InChI=1S/C22H42O/c1-6-22(5)15-13-20(14-16-22)21(3,4)19-11-9-18(10-12-19)8-7-17(2)23/h17-20,23H,6-16H2,1-5H3. The molecule has 1 N–H and O–H groups in total. The van der Waals surface area contributed by atoms with Crippen molar-refractivity contribution in [1.29, 1.82) is 0 Å². The average molecular weight is 323 g/mol. The topological polar surface area (TPSA) is 20.2 Å². The lowest BCUT2D eigenvalue weighted by Gasteiger charge is -2.48. The third kappa shape index (κ3) is 4.97. The largest absolute Gasteiger partial charge is 0.393 e. The van der Waals surface area contributed by atoms with Crippen LogP contribution in [0.4, 0.5) is 0 Å². The first-order valence-electron chi connectivity index (χ1n) is 10.4. The number of rotatable bonds is 6. The molecular formula is C22H42O. The second-order valence-corrected chi connectivity index (χ2v) is 9.90. The summed E-state index contributed by atoms with van der Waals surface area (Å²) in [6, 6.07) is 0. The first-order chi connectivity index (χ1) is 10.8. The van der Waals surface area contributed by atoms with Crippen molar-refractivity contribution in [1.82, 2.24) is 0 Å². The smallest absolute Gasteiger partial charge is 0.0512 e. The number of aliphatic hydroxyl groups is 1. The average Bonchev–Trinajstić information content (AvgIpc) is 2.54. The first-order valence-corrected chi connectivity index (χ1v) is 10.4. The predicted molar refractivity (Wildman–Crippen MR) is 100 cm³/mol. The molecular weight excluding hydrogens is 280 g/mol. The van der Waals surface area contributed by atoms with E-state index in [-0.39, 0.29) is 6.10 Å². The highest BCUT2D eigenvalue weighted by Crippen LogP contribution is 2.52. The molecule has 1 heteroatoms. The number of hydrogen-bond acceptors (Lipinski definition) is 1. The minimum Gasteiger partial charge on any atom is -0.393 e. The van der Waals surface area contributed by atoms with Crippen LogP contribution in [0.3, 0.4) is 0 Å². The van der Waals surface area contributed by atoms with E-state index >= 15 is 0 Å². The third-order valence-electron chi connectivity index (χ3n) is 7.99. The van der Waals surface area contributed by atoms with Crippen LogP contribution in [0.2, 0.25) is 0 Å². The SMILES string of the molecule is CCC1(C)CCC(C(C)(C)C2CCC(CCC(C)O)CC2)CC1. The summed E-state index contributed by atoms with van der Waals surface area (Å²) in [5.74, 6) is 2.76. The second kappa shape index (κ2) is 7.89. The molecule has 2 rings (SSSR count). The van der Waals surface area contributed by atoms with Crippen molar-refractivity contribution in [2.45, 2.75) is 111 Å². The maximum absolute atomic E-state index is 9.50. The van der Waals surface area contributed by atoms with Gasteiger partial charge in [-0.15, -0.1) is 0 Å². The Morgan fingerprint density at radius 3 is 2.00 bits per heavy atom. The fourth-order valence-electron chi connectivity index (χ4n) is 5.42. The van der Waals surface area contributed by atoms with Crippen molar-refractivity contribution >= 4 is 0 Å².